The summed E-state index contributed by atoms with van der Waals surface area (Å²) in [7, 11) is 0. The summed E-state index contributed by atoms with van der Waals surface area (Å²) >= 11 is 0. The Labute approximate surface area is 145 Å². The van der Waals surface area contributed by atoms with E-state index in [0.717, 1.165) is 12.0 Å². The van der Waals surface area contributed by atoms with Gasteiger partial charge in [-0.3, -0.25) is 0 Å². The summed E-state index contributed by atoms with van der Waals surface area (Å²) in [6, 6.07) is 5.64. The van der Waals surface area contributed by atoms with E-state index < -0.39 is 6.10 Å². The zero-order valence-electron chi connectivity index (χ0n) is 15.0. The molecule has 1 aromatic carbocycles. The van der Waals surface area contributed by atoms with Crippen molar-refractivity contribution in [3.05, 3.63) is 41.0 Å². The molecule has 130 valence electrons. The number of aliphatic hydroxyl groups is 1. The Morgan fingerprint density at radius 3 is 2.88 bits per heavy atom. The lowest BCUT2D eigenvalue weighted by molar-refractivity contribution is 0.0304. The van der Waals surface area contributed by atoms with Crippen molar-refractivity contribution >= 4 is 0 Å². The molecule has 0 aliphatic heterocycles. The molecular weight excluding hydrogens is 296 g/mol. The van der Waals surface area contributed by atoms with E-state index in [0.29, 0.717) is 23.2 Å². The topological polar surface area (TPSA) is 40.5 Å². The molecule has 4 rings (SSSR count). The van der Waals surface area contributed by atoms with Gasteiger partial charge >= 0.3 is 0 Å². The summed E-state index contributed by atoms with van der Waals surface area (Å²) in [5, 5.41) is 20.5. The maximum Gasteiger partial charge on any atom is 0.115 e. The Balaban J connectivity index is 1.68. The van der Waals surface area contributed by atoms with Gasteiger partial charge in [0.15, 0.2) is 0 Å². The fraction of sp³-hybridized carbons (Fsp3) is 0.636. The van der Waals surface area contributed by atoms with E-state index in [1.807, 2.05) is 0 Å². The SMILES string of the molecule is CCC/C=C1/CC[C@H]2[C@@H]3C[C@@H](O)c4cc(O)ccc4[C@H]3CC[C@]12C. The summed E-state index contributed by atoms with van der Waals surface area (Å²) in [5.74, 6) is 2.13. The third kappa shape index (κ3) is 2.34. The number of aromatic hydroxyl groups is 1. The van der Waals surface area contributed by atoms with E-state index in [1.54, 1.807) is 17.7 Å². The number of allylic oxidation sites excluding steroid dienone is 2. The van der Waals surface area contributed by atoms with Crippen LogP contribution in [0.15, 0.2) is 29.8 Å². The van der Waals surface area contributed by atoms with E-state index in [4.69, 9.17) is 0 Å². The number of phenolic OH excluding ortho intramolecular Hbond substituents is 1. The summed E-state index contributed by atoms with van der Waals surface area (Å²) in [4.78, 5) is 0. The highest BCUT2D eigenvalue weighted by Gasteiger charge is 2.53. The predicted octanol–water partition coefficient (Wildman–Crippen LogP) is 5.47. The molecule has 2 nitrogen and oxygen atoms in total. The third-order valence-electron chi connectivity index (χ3n) is 7.29. The van der Waals surface area contributed by atoms with Gasteiger partial charge in [0.25, 0.3) is 0 Å². The van der Waals surface area contributed by atoms with Gasteiger partial charge in [0.1, 0.15) is 5.75 Å². The molecule has 5 atom stereocenters. The lowest BCUT2D eigenvalue weighted by atomic mass is 9.54. The van der Waals surface area contributed by atoms with Crippen molar-refractivity contribution in [3.63, 3.8) is 0 Å². The summed E-state index contributed by atoms with van der Waals surface area (Å²) in [6.07, 6.45) is 10.4. The monoisotopic (exact) mass is 326 g/mol. The Bertz CT molecular complexity index is 662. The van der Waals surface area contributed by atoms with Crippen LogP contribution in [0.4, 0.5) is 0 Å². The van der Waals surface area contributed by atoms with Gasteiger partial charge in [0, 0.05) is 0 Å². The molecule has 0 radical (unpaired) electrons. The van der Waals surface area contributed by atoms with Crippen molar-refractivity contribution in [1.82, 2.24) is 0 Å². The van der Waals surface area contributed by atoms with E-state index in [-0.39, 0.29) is 5.75 Å². The first-order chi connectivity index (χ1) is 11.5. The quantitative estimate of drug-likeness (QED) is 0.708. The van der Waals surface area contributed by atoms with E-state index in [2.05, 4.69) is 26.0 Å². The van der Waals surface area contributed by atoms with E-state index >= 15 is 0 Å². The minimum atomic E-state index is -0.417. The van der Waals surface area contributed by atoms with Crippen LogP contribution in [0.3, 0.4) is 0 Å². The average Bonchev–Trinajstić information content (AvgIpc) is 2.90. The molecule has 1 aromatic rings. The van der Waals surface area contributed by atoms with Crippen LogP contribution in [0.25, 0.3) is 0 Å². The minimum absolute atomic E-state index is 0.276. The number of rotatable bonds is 2. The Morgan fingerprint density at radius 2 is 2.08 bits per heavy atom. The molecule has 3 aliphatic rings. The van der Waals surface area contributed by atoms with Crippen molar-refractivity contribution in [2.75, 3.05) is 0 Å². The summed E-state index contributed by atoms with van der Waals surface area (Å²) in [6.45, 7) is 4.74. The normalized spacial score (nSPS) is 39.4. The minimum Gasteiger partial charge on any atom is -0.508 e. The largest absolute Gasteiger partial charge is 0.508 e. The van der Waals surface area contributed by atoms with Crippen molar-refractivity contribution in [2.45, 2.75) is 70.8 Å². The molecule has 0 saturated heterocycles. The van der Waals surface area contributed by atoms with Crippen LogP contribution in [0, 0.1) is 17.3 Å². The van der Waals surface area contributed by atoms with Crippen molar-refractivity contribution in [3.8, 4) is 5.75 Å². The highest BCUT2D eigenvalue weighted by Crippen LogP contribution is 2.64. The number of aliphatic hydroxyl groups excluding tert-OH is 1. The van der Waals surface area contributed by atoms with Crippen LogP contribution in [-0.4, -0.2) is 10.2 Å². The van der Waals surface area contributed by atoms with Gasteiger partial charge in [0.05, 0.1) is 6.10 Å². The second-order valence-electron chi connectivity index (χ2n) is 8.45. The molecule has 0 bridgehead atoms. The fourth-order valence-electron chi connectivity index (χ4n) is 6.08. The molecule has 0 amide bonds. The van der Waals surface area contributed by atoms with Gasteiger partial charge in [0.2, 0.25) is 0 Å². The zero-order chi connectivity index (χ0) is 16.9. The highest BCUT2D eigenvalue weighted by atomic mass is 16.3. The van der Waals surface area contributed by atoms with E-state index in [9.17, 15) is 10.2 Å². The van der Waals surface area contributed by atoms with Gasteiger partial charge in [-0.2, -0.15) is 0 Å². The zero-order valence-corrected chi connectivity index (χ0v) is 15.0. The second-order valence-corrected chi connectivity index (χ2v) is 8.45. The van der Waals surface area contributed by atoms with Gasteiger partial charge in [-0.05, 0) is 85.0 Å². The summed E-state index contributed by atoms with van der Waals surface area (Å²) in [5.41, 5.74) is 4.31. The predicted molar refractivity (Wildman–Crippen MR) is 97.0 cm³/mol. The van der Waals surface area contributed by atoms with Crippen LogP contribution in [-0.2, 0) is 0 Å². The van der Waals surface area contributed by atoms with Crippen LogP contribution in [0.5, 0.6) is 5.75 Å². The molecule has 3 aliphatic carbocycles. The third-order valence-corrected chi connectivity index (χ3v) is 7.29. The van der Waals surface area contributed by atoms with Gasteiger partial charge in [-0.1, -0.05) is 38.0 Å². The number of hydrogen-bond donors (Lipinski definition) is 2. The van der Waals surface area contributed by atoms with Gasteiger partial charge in [-0.15, -0.1) is 0 Å². The van der Waals surface area contributed by atoms with Crippen LogP contribution >= 0.6 is 0 Å². The first-order valence-electron chi connectivity index (χ1n) is 9.75. The number of unbranched alkanes of at least 4 members (excludes halogenated alkanes) is 1. The Hall–Kier alpha value is -1.28. The molecule has 2 N–H and O–H groups in total. The van der Waals surface area contributed by atoms with E-state index in [1.165, 1.54) is 44.1 Å². The lowest BCUT2D eigenvalue weighted by Crippen LogP contribution is -2.41. The van der Waals surface area contributed by atoms with Crippen molar-refractivity contribution in [2.24, 2.45) is 17.3 Å². The number of hydrogen-bond acceptors (Lipinski definition) is 2. The Kier molecular flexibility index (Phi) is 3.99. The van der Waals surface area contributed by atoms with Crippen LogP contribution in [0.1, 0.15) is 81.9 Å². The molecule has 24 heavy (non-hydrogen) atoms. The van der Waals surface area contributed by atoms with Crippen LogP contribution < -0.4 is 0 Å². The maximum atomic E-state index is 10.7. The fourth-order valence-corrected chi connectivity index (χ4v) is 6.08. The molecule has 2 fully saturated rings. The molecular formula is C22H30O2. The molecule has 0 unspecified atom stereocenters. The smallest absolute Gasteiger partial charge is 0.115 e. The summed E-state index contributed by atoms with van der Waals surface area (Å²) < 4.78 is 0. The molecule has 0 heterocycles. The molecule has 2 saturated carbocycles. The number of fused-ring (bicyclic) bond motifs is 5. The first kappa shape index (κ1) is 16.2. The number of phenols is 1. The molecule has 0 aromatic heterocycles. The average molecular weight is 326 g/mol. The second kappa shape index (κ2) is 5.91. The highest BCUT2D eigenvalue weighted by molar-refractivity contribution is 5.42. The molecule has 2 heteroatoms. The van der Waals surface area contributed by atoms with Crippen molar-refractivity contribution < 1.29 is 10.2 Å². The lowest BCUT2D eigenvalue weighted by Gasteiger charge is -2.50. The standard InChI is InChI=1S/C22H30O2/c1-3-4-5-14-6-9-20-18-13-21(24)19-12-15(23)7-8-16(19)17(18)10-11-22(14,20)2/h5,7-8,12,17-18,20-21,23-24H,3-4,6,9-11,13H2,1-2H3/b14-5-/t17-,18-,20+,21-,22-/m1/s1. The Morgan fingerprint density at radius 1 is 1.25 bits per heavy atom. The first-order valence-corrected chi connectivity index (χ1v) is 9.75. The van der Waals surface area contributed by atoms with Gasteiger partial charge in [-0.25, -0.2) is 0 Å². The van der Waals surface area contributed by atoms with Crippen LogP contribution in [0.2, 0.25) is 0 Å². The van der Waals surface area contributed by atoms with Crippen molar-refractivity contribution in [1.29, 1.82) is 0 Å². The van der Waals surface area contributed by atoms with Gasteiger partial charge < -0.3 is 10.2 Å². The number of benzene rings is 1. The maximum absolute atomic E-state index is 10.7. The molecule has 0 spiro atoms.